The van der Waals surface area contributed by atoms with E-state index in [1.165, 1.54) is 12.3 Å². The molecule has 0 bridgehead atoms. The summed E-state index contributed by atoms with van der Waals surface area (Å²) in [5.41, 5.74) is 0.0227. The molecule has 6 nitrogen and oxygen atoms in total. The number of aliphatic hydroxyl groups is 1. The quantitative estimate of drug-likeness (QED) is 0.361. The van der Waals surface area contributed by atoms with E-state index in [0.717, 1.165) is 6.20 Å². The van der Waals surface area contributed by atoms with E-state index < -0.39 is 18.6 Å². The molecule has 1 aromatic heterocycles. The number of pyridine rings is 1. The van der Waals surface area contributed by atoms with Crippen LogP contribution in [-0.4, -0.2) is 33.8 Å². The van der Waals surface area contributed by atoms with Gasteiger partial charge in [0.2, 0.25) is 0 Å². The third kappa shape index (κ3) is 3.96. The van der Waals surface area contributed by atoms with Gasteiger partial charge in [-0.3, -0.25) is 9.78 Å². The van der Waals surface area contributed by atoms with Crippen molar-refractivity contribution in [2.24, 2.45) is 0 Å². The van der Waals surface area contributed by atoms with Gasteiger partial charge in [-0.25, -0.2) is 4.79 Å². The molecule has 74 valence electrons. The molecule has 1 aromatic rings. The van der Waals surface area contributed by atoms with Crippen LogP contribution in [0.3, 0.4) is 0 Å². The van der Waals surface area contributed by atoms with Gasteiger partial charge in [-0.05, 0) is 6.07 Å². The molecule has 0 radical (unpaired) electrons. The average molecular weight is 219 g/mol. The van der Waals surface area contributed by atoms with Gasteiger partial charge in [-0.1, -0.05) is 0 Å². The standard InChI is InChI=1S/C8H8N2O4.Na/c11-4-10-7(12)5-1-6(8(13)14)3-9-2-5;/h1-3,11H,4H2,(H,10,12)(H,13,14);/q;+1. The molecule has 0 atom stereocenters. The van der Waals surface area contributed by atoms with Gasteiger partial charge in [-0.15, -0.1) is 0 Å². The summed E-state index contributed by atoms with van der Waals surface area (Å²) in [6.07, 6.45) is 2.36. The van der Waals surface area contributed by atoms with Gasteiger partial charge in [0.1, 0.15) is 6.73 Å². The first kappa shape index (κ1) is 14.1. The number of aromatic carboxylic acids is 1. The molecule has 7 heteroatoms. The van der Waals surface area contributed by atoms with Crippen LogP contribution >= 0.6 is 0 Å². The molecular weight excluding hydrogens is 211 g/mol. The predicted molar refractivity (Wildman–Crippen MR) is 45.7 cm³/mol. The Morgan fingerprint density at radius 3 is 2.47 bits per heavy atom. The monoisotopic (exact) mass is 219 g/mol. The van der Waals surface area contributed by atoms with E-state index in [2.05, 4.69) is 10.3 Å². The number of rotatable bonds is 3. The van der Waals surface area contributed by atoms with E-state index >= 15 is 0 Å². The Bertz CT molecular complexity index is 369. The van der Waals surface area contributed by atoms with Crippen molar-refractivity contribution in [2.75, 3.05) is 6.73 Å². The minimum atomic E-state index is -1.16. The van der Waals surface area contributed by atoms with Crippen LogP contribution in [0.2, 0.25) is 0 Å². The van der Waals surface area contributed by atoms with Crippen molar-refractivity contribution >= 4 is 11.9 Å². The second kappa shape index (κ2) is 6.52. The molecule has 0 aromatic carbocycles. The van der Waals surface area contributed by atoms with E-state index in [1.54, 1.807) is 0 Å². The van der Waals surface area contributed by atoms with Crippen LogP contribution in [0.1, 0.15) is 20.7 Å². The van der Waals surface area contributed by atoms with Gasteiger partial charge in [-0.2, -0.15) is 0 Å². The molecule has 1 amide bonds. The Hall–Kier alpha value is -0.950. The SMILES string of the molecule is O=C(O)c1cncc(C(=O)NCO)c1.[Na+]. The zero-order valence-electron chi connectivity index (χ0n) is 8.10. The zero-order chi connectivity index (χ0) is 10.6. The number of aromatic nitrogens is 1. The number of nitrogens with one attached hydrogen (secondary N) is 1. The zero-order valence-corrected chi connectivity index (χ0v) is 10.1. The predicted octanol–water partition coefficient (Wildman–Crippen LogP) is -3.54. The number of carbonyl (C=O) groups excluding carboxylic acids is 1. The molecule has 0 saturated heterocycles. The maximum Gasteiger partial charge on any atom is 1.00 e. The molecule has 0 unspecified atom stereocenters. The Balaban J connectivity index is 0.00000196. The summed E-state index contributed by atoms with van der Waals surface area (Å²) in [6, 6.07) is 1.18. The first-order chi connectivity index (χ1) is 6.65. The number of carboxylic acids is 1. The minimum Gasteiger partial charge on any atom is -0.478 e. The van der Waals surface area contributed by atoms with E-state index in [0.29, 0.717) is 0 Å². The topological polar surface area (TPSA) is 99.5 Å². The molecule has 0 aliphatic rings. The second-order valence-electron chi connectivity index (χ2n) is 2.43. The molecule has 1 heterocycles. The molecule has 0 saturated carbocycles. The molecule has 15 heavy (non-hydrogen) atoms. The summed E-state index contributed by atoms with van der Waals surface area (Å²) in [5.74, 6) is -1.72. The summed E-state index contributed by atoms with van der Waals surface area (Å²) in [5, 5.41) is 19.1. The van der Waals surface area contributed by atoms with Crippen LogP contribution in [0, 0.1) is 0 Å². The molecule has 0 spiro atoms. The van der Waals surface area contributed by atoms with E-state index in [9.17, 15) is 9.59 Å². The Morgan fingerprint density at radius 1 is 1.33 bits per heavy atom. The van der Waals surface area contributed by atoms with E-state index in [1.807, 2.05) is 0 Å². The van der Waals surface area contributed by atoms with Crippen molar-refractivity contribution in [3.8, 4) is 0 Å². The van der Waals surface area contributed by atoms with Crippen molar-refractivity contribution in [3.05, 3.63) is 29.6 Å². The molecule has 0 fully saturated rings. The van der Waals surface area contributed by atoms with Gasteiger partial charge in [0.05, 0.1) is 11.1 Å². The van der Waals surface area contributed by atoms with Crippen molar-refractivity contribution in [3.63, 3.8) is 0 Å². The van der Waals surface area contributed by atoms with Crippen molar-refractivity contribution < 1.29 is 49.4 Å². The van der Waals surface area contributed by atoms with E-state index in [-0.39, 0.29) is 40.7 Å². The van der Waals surface area contributed by atoms with Crippen molar-refractivity contribution in [1.82, 2.24) is 10.3 Å². The number of carboxylic acid groups (broad SMARTS) is 1. The van der Waals surface area contributed by atoms with Gasteiger partial charge in [0.25, 0.3) is 5.91 Å². The third-order valence-electron chi connectivity index (χ3n) is 1.49. The summed E-state index contributed by atoms with van der Waals surface area (Å²) in [7, 11) is 0. The number of hydrogen-bond donors (Lipinski definition) is 3. The van der Waals surface area contributed by atoms with Gasteiger partial charge >= 0.3 is 35.5 Å². The third-order valence-corrected chi connectivity index (χ3v) is 1.49. The normalized spacial score (nSPS) is 8.87. The first-order valence-electron chi connectivity index (χ1n) is 3.72. The molecule has 3 N–H and O–H groups in total. The maximum absolute atomic E-state index is 11.1. The fourth-order valence-electron chi connectivity index (χ4n) is 0.855. The van der Waals surface area contributed by atoms with Crippen molar-refractivity contribution in [1.29, 1.82) is 0 Å². The van der Waals surface area contributed by atoms with Gasteiger partial charge in [0, 0.05) is 12.4 Å². The molecule has 0 aliphatic carbocycles. The Morgan fingerprint density at radius 2 is 1.93 bits per heavy atom. The molecule has 1 rings (SSSR count). The van der Waals surface area contributed by atoms with Gasteiger partial charge < -0.3 is 15.5 Å². The van der Waals surface area contributed by atoms with Crippen molar-refractivity contribution in [2.45, 2.75) is 0 Å². The summed E-state index contributed by atoms with van der Waals surface area (Å²) >= 11 is 0. The number of carbonyl (C=O) groups is 2. The summed E-state index contributed by atoms with van der Waals surface area (Å²) in [6.45, 7) is -0.504. The number of aliphatic hydroxyl groups excluding tert-OH is 1. The first-order valence-corrected chi connectivity index (χ1v) is 3.72. The van der Waals surface area contributed by atoms with Crippen LogP contribution in [0.4, 0.5) is 0 Å². The van der Waals surface area contributed by atoms with Crippen LogP contribution in [-0.2, 0) is 0 Å². The minimum absolute atomic E-state index is 0. The number of nitrogens with zero attached hydrogens (tertiary/aromatic N) is 1. The summed E-state index contributed by atoms with van der Waals surface area (Å²) in [4.78, 5) is 25.2. The van der Waals surface area contributed by atoms with Crippen LogP contribution in [0.25, 0.3) is 0 Å². The fraction of sp³-hybridized carbons (Fsp3) is 0.125. The molecular formula is C8H8N2NaO4+. The molecule has 0 aliphatic heterocycles. The largest absolute Gasteiger partial charge is 1.00 e. The number of amides is 1. The van der Waals surface area contributed by atoms with Crippen LogP contribution in [0.15, 0.2) is 18.5 Å². The van der Waals surface area contributed by atoms with Crippen LogP contribution < -0.4 is 34.9 Å². The number of hydrogen-bond acceptors (Lipinski definition) is 4. The average Bonchev–Trinajstić information content (AvgIpc) is 2.18. The smallest absolute Gasteiger partial charge is 0.478 e. The van der Waals surface area contributed by atoms with Crippen LogP contribution in [0.5, 0.6) is 0 Å². The maximum atomic E-state index is 11.1. The van der Waals surface area contributed by atoms with Gasteiger partial charge in [0.15, 0.2) is 0 Å². The fourth-order valence-corrected chi connectivity index (χ4v) is 0.855. The van der Waals surface area contributed by atoms with E-state index in [4.69, 9.17) is 10.2 Å². The Kier molecular flexibility index (Phi) is 6.11. The second-order valence-corrected chi connectivity index (χ2v) is 2.43. The Labute approximate surface area is 108 Å². The summed E-state index contributed by atoms with van der Waals surface area (Å²) < 4.78 is 0.